The van der Waals surface area contributed by atoms with Gasteiger partial charge >= 0.3 is 0 Å². The summed E-state index contributed by atoms with van der Waals surface area (Å²) in [7, 11) is 0. The molecule has 13 heteroatoms. The molecular weight excluding hydrogens is 504 g/mol. The average Bonchev–Trinajstić information content (AvgIpc) is 3.53. The number of piperazine rings is 1. The zero-order valence-corrected chi connectivity index (χ0v) is 21.5. The summed E-state index contributed by atoms with van der Waals surface area (Å²) in [6, 6.07) is 6.27. The molecule has 36 heavy (non-hydrogen) atoms. The van der Waals surface area contributed by atoms with Gasteiger partial charge < -0.3 is 4.42 Å². The molecule has 190 valence electrons. The van der Waals surface area contributed by atoms with E-state index < -0.39 is 11.3 Å². The fourth-order valence-corrected chi connectivity index (χ4v) is 4.81. The molecule has 1 unspecified atom stereocenters. The lowest BCUT2D eigenvalue weighted by Crippen LogP contribution is -2.48. The third kappa shape index (κ3) is 5.48. The SMILES string of the molecule is CC(C)N1CCN(Cc2nnc(-c3cc(-c4cnc(Cl)c(CNS(=O)O)c4)cc4[nH]ncc34)o2)CC1. The van der Waals surface area contributed by atoms with Crippen molar-refractivity contribution in [1.29, 1.82) is 0 Å². The Kier molecular flexibility index (Phi) is 7.42. The van der Waals surface area contributed by atoms with Gasteiger partial charge in [0.25, 0.3) is 0 Å². The highest BCUT2D eigenvalue weighted by Gasteiger charge is 2.22. The lowest BCUT2D eigenvalue weighted by molar-refractivity contribution is 0.0979. The van der Waals surface area contributed by atoms with Crippen LogP contribution in [0.25, 0.3) is 33.5 Å². The second-order valence-corrected chi connectivity index (χ2v) is 10.2. The van der Waals surface area contributed by atoms with Gasteiger partial charge in [-0.1, -0.05) is 11.6 Å². The number of pyridine rings is 1. The molecular formula is C23H27ClN8O3S. The Labute approximate surface area is 215 Å². The van der Waals surface area contributed by atoms with Crippen LogP contribution in [0.15, 0.2) is 35.0 Å². The van der Waals surface area contributed by atoms with Gasteiger partial charge in [-0.25, -0.2) is 13.9 Å². The smallest absolute Gasteiger partial charge is 0.248 e. The van der Waals surface area contributed by atoms with Crippen molar-refractivity contribution in [3.8, 4) is 22.6 Å². The summed E-state index contributed by atoms with van der Waals surface area (Å²) in [6.07, 6.45) is 3.38. The highest BCUT2D eigenvalue weighted by atomic mass is 35.5. The van der Waals surface area contributed by atoms with Crippen molar-refractivity contribution in [2.24, 2.45) is 0 Å². The minimum Gasteiger partial charge on any atom is -0.419 e. The number of aromatic amines is 1. The van der Waals surface area contributed by atoms with Crippen LogP contribution < -0.4 is 4.72 Å². The minimum atomic E-state index is -2.16. The number of nitrogens with zero attached hydrogens (tertiary/aromatic N) is 6. The van der Waals surface area contributed by atoms with E-state index in [2.05, 4.69) is 53.7 Å². The van der Waals surface area contributed by atoms with Crippen molar-refractivity contribution in [2.45, 2.75) is 33.0 Å². The standard InChI is InChI=1S/C23H27ClN8O3S/c1-14(2)32-5-3-31(4-6-32)13-21-29-30-23(35-21)18-8-15(9-20-19(18)12-26-28-20)16-7-17(11-27-36(33)34)22(24)25-10-16/h7-10,12,14,27H,3-6,11,13H2,1-2H3,(H,26,28)(H,33,34). The molecule has 1 aliphatic rings. The van der Waals surface area contributed by atoms with Crippen LogP contribution in [0.4, 0.5) is 0 Å². The summed E-state index contributed by atoms with van der Waals surface area (Å²) in [5.41, 5.74) is 3.77. The van der Waals surface area contributed by atoms with E-state index in [0.717, 1.165) is 53.8 Å². The fraction of sp³-hybridized carbons (Fsp3) is 0.391. The zero-order chi connectivity index (χ0) is 25.2. The van der Waals surface area contributed by atoms with Crippen LogP contribution in [-0.4, -0.2) is 76.2 Å². The first-order chi connectivity index (χ1) is 17.4. The maximum Gasteiger partial charge on any atom is 0.248 e. The third-order valence-electron chi connectivity index (χ3n) is 6.38. The van der Waals surface area contributed by atoms with Crippen molar-refractivity contribution in [2.75, 3.05) is 26.2 Å². The topological polar surface area (TPSA) is 136 Å². The summed E-state index contributed by atoms with van der Waals surface area (Å²) in [5.74, 6) is 0.988. The molecule has 4 heterocycles. The van der Waals surface area contributed by atoms with Crippen molar-refractivity contribution in [3.63, 3.8) is 0 Å². The van der Waals surface area contributed by atoms with Crippen LogP contribution in [0.5, 0.6) is 0 Å². The number of nitrogens with one attached hydrogen (secondary N) is 2. The van der Waals surface area contributed by atoms with E-state index in [1.165, 1.54) is 0 Å². The Morgan fingerprint density at radius 2 is 1.97 bits per heavy atom. The molecule has 4 aromatic rings. The Hall–Kier alpha value is -2.74. The molecule has 1 fully saturated rings. The molecule has 0 amide bonds. The molecule has 5 rings (SSSR count). The van der Waals surface area contributed by atoms with Crippen LogP contribution in [-0.2, 0) is 24.4 Å². The number of rotatable bonds is 8. The third-order valence-corrected chi connectivity index (χ3v) is 7.11. The maximum absolute atomic E-state index is 11.0. The van der Waals surface area contributed by atoms with E-state index in [0.29, 0.717) is 29.9 Å². The highest BCUT2D eigenvalue weighted by molar-refractivity contribution is 7.77. The molecule has 11 nitrogen and oxygen atoms in total. The predicted octanol–water partition coefficient (Wildman–Crippen LogP) is 3.08. The number of aromatic nitrogens is 5. The predicted molar refractivity (Wildman–Crippen MR) is 137 cm³/mol. The Morgan fingerprint density at radius 3 is 2.72 bits per heavy atom. The molecule has 3 aromatic heterocycles. The van der Waals surface area contributed by atoms with E-state index in [1.807, 2.05) is 18.2 Å². The normalized spacial score (nSPS) is 16.2. The van der Waals surface area contributed by atoms with Crippen LogP contribution >= 0.6 is 11.6 Å². The summed E-state index contributed by atoms with van der Waals surface area (Å²) in [6.45, 7) is 9.12. The van der Waals surface area contributed by atoms with E-state index in [4.69, 9.17) is 20.6 Å². The molecule has 1 atom stereocenters. The molecule has 0 radical (unpaired) electrons. The van der Waals surface area contributed by atoms with E-state index in [-0.39, 0.29) is 11.7 Å². The maximum atomic E-state index is 11.0. The first-order valence-corrected chi connectivity index (χ1v) is 13.1. The molecule has 0 spiro atoms. The monoisotopic (exact) mass is 530 g/mol. The number of hydrogen-bond donors (Lipinski definition) is 3. The fourth-order valence-electron chi connectivity index (χ4n) is 4.37. The van der Waals surface area contributed by atoms with Crippen LogP contribution in [0.2, 0.25) is 5.15 Å². The first kappa shape index (κ1) is 24.9. The molecule has 0 saturated carbocycles. The Morgan fingerprint density at radius 1 is 1.17 bits per heavy atom. The number of benzene rings is 1. The largest absolute Gasteiger partial charge is 0.419 e. The quantitative estimate of drug-likeness (QED) is 0.232. The van der Waals surface area contributed by atoms with Gasteiger partial charge in [0.2, 0.25) is 23.0 Å². The number of hydrogen-bond acceptors (Lipinski definition) is 8. The first-order valence-electron chi connectivity index (χ1n) is 11.6. The molecule has 1 saturated heterocycles. The van der Waals surface area contributed by atoms with E-state index >= 15 is 0 Å². The van der Waals surface area contributed by atoms with Crippen LogP contribution in [0.1, 0.15) is 25.3 Å². The van der Waals surface area contributed by atoms with Crippen molar-refractivity contribution >= 4 is 33.8 Å². The van der Waals surface area contributed by atoms with Gasteiger partial charge in [0.05, 0.1) is 23.8 Å². The summed E-state index contributed by atoms with van der Waals surface area (Å²) in [4.78, 5) is 9.04. The van der Waals surface area contributed by atoms with Crippen molar-refractivity contribution in [3.05, 3.63) is 47.2 Å². The zero-order valence-electron chi connectivity index (χ0n) is 19.9. The second kappa shape index (κ2) is 10.7. The minimum absolute atomic E-state index is 0.0976. The van der Waals surface area contributed by atoms with Gasteiger partial charge in [0.15, 0.2) is 0 Å². The molecule has 1 aliphatic heterocycles. The number of H-pyrrole nitrogens is 1. The summed E-state index contributed by atoms with van der Waals surface area (Å²) >= 11 is 4.04. The van der Waals surface area contributed by atoms with Gasteiger partial charge in [-0.05, 0) is 37.6 Å². The van der Waals surface area contributed by atoms with Crippen LogP contribution in [0.3, 0.4) is 0 Å². The van der Waals surface area contributed by atoms with Gasteiger partial charge in [-0.2, -0.15) is 5.10 Å². The summed E-state index contributed by atoms with van der Waals surface area (Å²) in [5, 5.41) is 17.0. The van der Waals surface area contributed by atoms with Gasteiger partial charge in [0.1, 0.15) is 5.15 Å². The average molecular weight is 531 g/mol. The lowest BCUT2D eigenvalue weighted by Gasteiger charge is -2.36. The van der Waals surface area contributed by atoms with E-state index in [1.54, 1.807) is 12.4 Å². The van der Waals surface area contributed by atoms with Gasteiger partial charge in [-0.15, -0.1) is 10.2 Å². The molecule has 1 aromatic carbocycles. The van der Waals surface area contributed by atoms with Gasteiger partial charge in [-0.3, -0.25) is 19.5 Å². The van der Waals surface area contributed by atoms with Crippen LogP contribution in [0, 0.1) is 0 Å². The number of fused-ring (bicyclic) bond motifs is 1. The highest BCUT2D eigenvalue weighted by Crippen LogP contribution is 2.33. The Bertz CT molecular complexity index is 1380. The Balaban J connectivity index is 1.41. The molecule has 3 N–H and O–H groups in total. The molecule has 0 aliphatic carbocycles. The number of halogens is 1. The molecule has 0 bridgehead atoms. The van der Waals surface area contributed by atoms with Crippen molar-refractivity contribution in [1.82, 2.24) is 39.9 Å². The van der Waals surface area contributed by atoms with Gasteiger partial charge in [0, 0.05) is 61.5 Å². The van der Waals surface area contributed by atoms with E-state index in [9.17, 15) is 4.21 Å². The second-order valence-electron chi connectivity index (χ2n) is 9.01. The summed E-state index contributed by atoms with van der Waals surface area (Å²) < 4.78 is 28.6. The lowest BCUT2D eigenvalue weighted by atomic mass is 10.0. The van der Waals surface area contributed by atoms with Crippen molar-refractivity contribution < 1.29 is 13.2 Å².